The van der Waals surface area contributed by atoms with Crippen molar-refractivity contribution < 1.29 is 14.3 Å². The van der Waals surface area contributed by atoms with Crippen molar-refractivity contribution in [3.63, 3.8) is 0 Å². The van der Waals surface area contributed by atoms with E-state index >= 15 is 0 Å². The highest BCUT2D eigenvalue weighted by molar-refractivity contribution is 6.31. The Balaban J connectivity index is 1.96. The van der Waals surface area contributed by atoms with Crippen LogP contribution < -0.4 is 0 Å². The number of benzene rings is 2. The quantitative estimate of drug-likeness (QED) is 0.442. The molecule has 2 rings (SSSR count). The molecule has 5 heteroatoms. The van der Waals surface area contributed by atoms with E-state index in [4.69, 9.17) is 27.9 Å². The Morgan fingerprint density at radius 2 is 1.74 bits per heavy atom. The lowest BCUT2D eigenvalue weighted by molar-refractivity contribution is -0.140. The van der Waals surface area contributed by atoms with Crippen LogP contribution in [0.25, 0.3) is 6.08 Å². The van der Waals surface area contributed by atoms with Gasteiger partial charge in [-0.1, -0.05) is 35.3 Å². The fourth-order valence-corrected chi connectivity index (χ4v) is 2.22. The Kier molecular flexibility index (Phi) is 5.97. The van der Waals surface area contributed by atoms with Gasteiger partial charge in [-0.3, -0.25) is 4.79 Å². The van der Waals surface area contributed by atoms with Crippen molar-refractivity contribution in [1.82, 2.24) is 0 Å². The number of ether oxygens (including phenoxy) is 1. The smallest absolute Gasteiger partial charge is 0.331 e. The first kappa shape index (κ1) is 17.3. The number of rotatable bonds is 5. The van der Waals surface area contributed by atoms with Gasteiger partial charge in [-0.05, 0) is 55.0 Å². The third-order valence-corrected chi connectivity index (χ3v) is 3.54. The van der Waals surface area contributed by atoms with Gasteiger partial charge in [0.25, 0.3) is 0 Å². The molecule has 2 aromatic carbocycles. The second-order valence-corrected chi connectivity index (χ2v) is 5.71. The molecule has 2 aromatic rings. The summed E-state index contributed by atoms with van der Waals surface area (Å²) in [4.78, 5) is 23.9. The Labute approximate surface area is 144 Å². The second-order valence-electron chi connectivity index (χ2n) is 4.84. The molecule has 0 aliphatic carbocycles. The van der Waals surface area contributed by atoms with Crippen LogP contribution >= 0.6 is 23.2 Å². The predicted molar refractivity (Wildman–Crippen MR) is 91.8 cm³/mol. The molecule has 0 saturated heterocycles. The lowest BCUT2D eigenvalue weighted by Gasteiger charge is -2.10. The third-order valence-electron chi connectivity index (χ3n) is 3.05. The molecule has 0 saturated carbocycles. The Morgan fingerprint density at radius 1 is 1.04 bits per heavy atom. The second kappa shape index (κ2) is 7.95. The highest BCUT2D eigenvalue weighted by atomic mass is 35.5. The summed E-state index contributed by atoms with van der Waals surface area (Å²) < 4.78 is 5.11. The van der Waals surface area contributed by atoms with Crippen LogP contribution in [0.5, 0.6) is 0 Å². The van der Waals surface area contributed by atoms with Crippen LogP contribution in [-0.4, -0.2) is 17.9 Å². The maximum Gasteiger partial charge on any atom is 0.331 e. The van der Waals surface area contributed by atoms with Crippen molar-refractivity contribution in [3.8, 4) is 0 Å². The molecular formula is C18H14Cl2O3. The van der Waals surface area contributed by atoms with E-state index in [1.54, 1.807) is 54.6 Å². The number of hydrogen-bond acceptors (Lipinski definition) is 3. The molecule has 1 atom stereocenters. The molecule has 23 heavy (non-hydrogen) atoms. The molecule has 0 spiro atoms. The molecule has 0 N–H and O–H groups in total. The maximum atomic E-state index is 12.1. The molecular weight excluding hydrogens is 335 g/mol. The number of hydrogen-bond donors (Lipinski definition) is 0. The average Bonchev–Trinajstić information content (AvgIpc) is 2.53. The fourth-order valence-electron chi connectivity index (χ4n) is 1.89. The van der Waals surface area contributed by atoms with Crippen molar-refractivity contribution in [2.45, 2.75) is 13.0 Å². The zero-order valence-corrected chi connectivity index (χ0v) is 13.8. The minimum atomic E-state index is -0.882. The molecule has 0 radical (unpaired) electrons. The molecule has 0 aliphatic rings. The van der Waals surface area contributed by atoms with Crippen molar-refractivity contribution in [3.05, 3.63) is 75.8 Å². The number of halogens is 2. The van der Waals surface area contributed by atoms with Gasteiger partial charge in [0.1, 0.15) is 0 Å². The minimum absolute atomic E-state index is 0.286. The van der Waals surface area contributed by atoms with Gasteiger partial charge in [-0.2, -0.15) is 0 Å². The first-order valence-electron chi connectivity index (χ1n) is 6.90. The van der Waals surface area contributed by atoms with E-state index < -0.39 is 12.1 Å². The summed E-state index contributed by atoms with van der Waals surface area (Å²) in [7, 11) is 0. The molecule has 3 nitrogen and oxygen atoms in total. The molecule has 0 aromatic heterocycles. The number of esters is 1. The predicted octanol–water partition coefficient (Wildman–Crippen LogP) is 4.82. The van der Waals surface area contributed by atoms with Crippen LogP contribution in [0.2, 0.25) is 10.0 Å². The summed E-state index contributed by atoms with van der Waals surface area (Å²) in [6, 6.07) is 13.5. The number of Topliss-reactive ketones (excluding diaryl/α,β-unsaturated/α-hetero) is 1. The zero-order valence-electron chi connectivity index (χ0n) is 12.3. The van der Waals surface area contributed by atoms with Crippen LogP contribution in [0.15, 0.2) is 54.6 Å². The highest BCUT2D eigenvalue weighted by Gasteiger charge is 2.18. The standard InChI is InChI=1S/C18H14Cl2O3/c1-12(18(22)14-6-8-15(19)9-7-14)23-17(21)10-5-13-3-2-4-16(20)11-13/h2-12H,1H3/b10-5+/t12-/m1/s1. The summed E-state index contributed by atoms with van der Waals surface area (Å²) in [5.74, 6) is -0.883. The van der Waals surface area contributed by atoms with E-state index in [2.05, 4.69) is 0 Å². The Morgan fingerprint density at radius 3 is 2.39 bits per heavy atom. The first-order valence-corrected chi connectivity index (χ1v) is 7.65. The third kappa shape index (κ3) is 5.23. The zero-order chi connectivity index (χ0) is 16.8. The summed E-state index contributed by atoms with van der Waals surface area (Å²) in [6.45, 7) is 1.53. The van der Waals surface area contributed by atoms with Gasteiger partial charge in [-0.15, -0.1) is 0 Å². The van der Waals surface area contributed by atoms with Crippen molar-refractivity contribution in [2.24, 2.45) is 0 Å². The van der Waals surface area contributed by atoms with E-state index in [9.17, 15) is 9.59 Å². The summed E-state index contributed by atoms with van der Waals surface area (Å²) >= 11 is 11.6. The van der Waals surface area contributed by atoms with E-state index in [1.165, 1.54) is 13.0 Å². The average molecular weight is 349 g/mol. The summed E-state index contributed by atoms with van der Waals surface area (Å²) in [6.07, 6.45) is 1.96. The first-order chi connectivity index (χ1) is 11.0. The SMILES string of the molecule is C[C@@H](OC(=O)/C=C/c1cccc(Cl)c1)C(=O)c1ccc(Cl)cc1. The topological polar surface area (TPSA) is 43.4 Å². The number of carbonyl (C=O) groups is 2. The van der Waals surface area contributed by atoms with Crippen LogP contribution in [0, 0.1) is 0 Å². The Hall–Kier alpha value is -2.10. The highest BCUT2D eigenvalue weighted by Crippen LogP contribution is 2.14. The van der Waals surface area contributed by atoms with Crippen LogP contribution in [0.1, 0.15) is 22.8 Å². The summed E-state index contributed by atoms with van der Waals surface area (Å²) in [5, 5.41) is 1.11. The lowest BCUT2D eigenvalue weighted by Crippen LogP contribution is -2.23. The van der Waals surface area contributed by atoms with Gasteiger partial charge in [0, 0.05) is 21.7 Å². The van der Waals surface area contributed by atoms with Gasteiger partial charge >= 0.3 is 5.97 Å². The molecule has 0 heterocycles. The Bertz CT molecular complexity index is 736. The molecule has 0 unspecified atom stereocenters. The largest absolute Gasteiger partial charge is 0.451 e. The van der Waals surface area contributed by atoms with Gasteiger partial charge in [0.2, 0.25) is 5.78 Å². The van der Waals surface area contributed by atoms with Gasteiger partial charge in [0.15, 0.2) is 6.10 Å². The molecule has 0 fully saturated rings. The van der Waals surface area contributed by atoms with E-state index in [1.807, 2.05) is 0 Å². The maximum absolute atomic E-state index is 12.1. The molecule has 118 valence electrons. The van der Waals surface area contributed by atoms with Gasteiger partial charge in [0.05, 0.1) is 0 Å². The lowest BCUT2D eigenvalue weighted by atomic mass is 10.1. The van der Waals surface area contributed by atoms with Crippen molar-refractivity contribution >= 4 is 41.0 Å². The number of carbonyl (C=O) groups excluding carboxylic acids is 2. The number of ketones is 1. The summed E-state index contributed by atoms with van der Waals surface area (Å²) in [5.41, 5.74) is 1.21. The molecule has 0 bridgehead atoms. The van der Waals surface area contributed by atoms with Crippen molar-refractivity contribution in [2.75, 3.05) is 0 Å². The fraction of sp³-hybridized carbons (Fsp3) is 0.111. The van der Waals surface area contributed by atoms with Gasteiger partial charge < -0.3 is 4.74 Å². The van der Waals surface area contributed by atoms with Crippen molar-refractivity contribution in [1.29, 1.82) is 0 Å². The van der Waals surface area contributed by atoms with E-state index in [0.717, 1.165) is 5.56 Å². The van der Waals surface area contributed by atoms with Crippen LogP contribution in [0.4, 0.5) is 0 Å². The van der Waals surface area contributed by atoms with Crippen LogP contribution in [0.3, 0.4) is 0 Å². The van der Waals surface area contributed by atoms with E-state index in [-0.39, 0.29) is 5.78 Å². The molecule has 0 amide bonds. The minimum Gasteiger partial charge on any atom is -0.451 e. The van der Waals surface area contributed by atoms with E-state index in [0.29, 0.717) is 15.6 Å². The van der Waals surface area contributed by atoms with Crippen LogP contribution in [-0.2, 0) is 9.53 Å². The molecule has 0 aliphatic heterocycles. The van der Waals surface area contributed by atoms with Gasteiger partial charge in [-0.25, -0.2) is 4.79 Å². The monoisotopic (exact) mass is 348 g/mol. The normalized spacial score (nSPS) is 12.1.